The standard InChI is InChI=1S/C16H10FIN2O/c17-13-3-7-15(8-4-13)20-9-12(10-21)16(19-20)11-1-5-14(18)6-2-11/h1-10H. The van der Waals surface area contributed by atoms with Gasteiger partial charge < -0.3 is 0 Å². The number of carbonyl (C=O) groups excluding carboxylic acids is 1. The summed E-state index contributed by atoms with van der Waals surface area (Å²) in [5.41, 5.74) is 2.70. The molecule has 104 valence electrons. The summed E-state index contributed by atoms with van der Waals surface area (Å²) in [6, 6.07) is 13.7. The van der Waals surface area contributed by atoms with E-state index in [4.69, 9.17) is 0 Å². The summed E-state index contributed by atoms with van der Waals surface area (Å²) in [5, 5.41) is 4.44. The minimum Gasteiger partial charge on any atom is -0.298 e. The molecule has 0 N–H and O–H groups in total. The molecule has 0 aliphatic carbocycles. The molecule has 0 aliphatic rings. The predicted molar refractivity (Wildman–Crippen MR) is 87.1 cm³/mol. The maximum Gasteiger partial charge on any atom is 0.153 e. The van der Waals surface area contributed by atoms with Gasteiger partial charge in [-0.05, 0) is 59.0 Å². The van der Waals surface area contributed by atoms with Crippen LogP contribution in [0.25, 0.3) is 16.9 Å². The van der Waals surface area contributed by atoms with Crippen LogP contribution in [-0.4, -0.2) is 16.1 Å². The molecule has 0 aliphatic heterocycles. The van der Waals surface area contributed by atoms with Gasteiger partial charge in [0.15, 0.2) is 6.29 Å². The number of aldehydes is 1. The molecule has 0 amide bonds. The lowest BCUT2D eigenvalue weighted by Crippen LogP contribution is -1.94. The molecule has 2 aromatic carbocycles. The third kappa shape index (κ3) is 2.87. The van der Waals surface area contributed by atoms with Gasteiger partial charge in [0.25, 0.3) is 0 Å². The summed E-state index contributed by atoms with van der Waals surface area (Å²) >= 11 is 2.22. The van der Waals surface area contributed by atoms with Gasteiger partial charge in [-0.3, -0.25) is 4.79 Å². The Bertz CT molecular complexity index is 779. The van der Waals surface area contributed by atoms with Gasteiger partial charge in [-0.15, -0.1) is 0 Å². The van der Waals surface area contributed by atoms with E-state index in [1.807, 2.05) is 24.3 Å². The van der Waals surface area contributed by atoms with Crippen molar-refractivity contribution in [1.29, 1.82) is 0 Å². The van der Waals surface area contributed by atoms with E-state index in [0.29, 0.717) is 16.9 Å². The highest BCUT2D eigenvalue weighted by Gasteiger charge is 2.11. The minimum atomic E-state index is -0.306. The first kappa shape index (κ1) is 13.9. The van der Waals surface area contributed by atoms with Crippen LogP contribution in [-0.2, 0) is 0 Å². The van der Waals surface area contributed by atoms with Gasteiger partial charge in [-0.1, -0.05) is 12.1 Å². The molecule has 0 unspecified atom stereocenters. The SMILES string of the molecule is O=Cc1cn(-c2ccc(F)cc2)nc1-c1ccc(I)cc1. The van der Waals surface area contributed by atoms with E-state index in [0.717, 1.165) is 15.4 Å². The predicted octanol–water partition coefficient (Wildman–Crippen LogP) is 4.10. The van der Waals surface area contributed by atoms with Crippen molar-refractivity contribution in [2.24, 2.45) is 0 Å². The van der Waals surface area contributed by atoms with Crippen LogP contribution in [0.5, 0.6) is 0 Å². The number of rotatable bonds is 3. The first-order valence-electron chi connectivity index (χ1n) is 6.24. The van der Waals surface area contributed by atoms with Gasteiger partial charge >= 0.3 is 0 Å². The molecular formula is C16H10FIN2O. The van der Waals surface area contributed by atoms with E-state index in [1.165, 1.54) is 12.1 Å². The Morgan fingerprint density at radius 1 is 1.05 bits per heavy atom. The fourth-order valence-electron chi connectivity index (χ4n) is 2.03. The van der Waals surface area contributed by atoms with Gasteiger partial charge in [0.1, 0.15) is 11.5 Å². The molecular weight excluding hydrogens is 382 g/mol. The van der Waals surface area contributed by atoms with Crippen LogP contribution < -0.4 is 0 Å². The van der Waals surface area contributed by atoms with E-state index in [1.54, 1.807) is 23.0 Å². The van der Waals surface area contributed by atoms with Crippen molar-refractivity contribution in [3.63, 3.8) is 0 Å². The highest BCUT2D eigenvalue weighted by Crippen LogP contribution is 2.23. The molecule has 0 saturated heterocycles. The Kier molecular flexibility index (Phi) is 3.83. The highest BCUT2D eigenvalue weighted by atomic mass is 127. The molecule has 0 saturated carbocycles. The Balaban J connectivity index is 2.08. The first-order chi connectivity index (χ1) is 10.2. The van der Waals surface area contributed by atoms with Crippen molar-refractivity contribution >= 4 is 28.9 Å². The zero-order valence-corrected chi connectivity index (χ0v) is 13.0. The van der Waals surface area contributed by atoms with Crippen LogP contribution in [0, 0.1) is 9.39 Å². The lowest BCUT2D eigenvalue weighted by atomic mass is 10.1. The monoisotopic (exact) mass is 392 g/mol. The molecule has 0 atom stereocenters. The number of benzene rings is 2. The van der Waals surface area contributed by atoms with Crippen LogP contribution in [0.2, 0.25) is 0 Å². The molecule has 0 spiro atoms. The zero-order valence-electron chi connectivity index (χ0n) is 10.8. The summed E-state index contributed by atoms with van der Waals surface area (Å²) in [4.78, 5) is 11.3. The van der Waals surface area contributed by atoms with Crippen LogP contribution in [0.4, 0.5) is 4.39 Å². The Morgan fingerprint density at radius 2 is 1.71 bits per heavy atom. The average molecular weight is 392 g/mol. The van der Waals surface area contributed by atoms with Crippen molar-refractivity contribution in [2.45, 2.75) is 0 Å². The van der Waals surface area contributed by atoms with Crippen molar-refractivity contribution in [1.82, 2.24) is 9.78 Å². The topological polar surface area (TPSA) is 34.9 Å². The van der Waals surface area contributed by atoms with E-state index in [-0.39, 0.29) is 5.82 Å². The summed E-state index contributed by atoms with van der Waals surface area (Å²) in [7, 11) is 0. The largest absolute Gasteiger partial charge is 0.298 e. The molecule has 0 radical (unpaired) electrons. The van der Waals surface area contributed by atoms with Crippen LogP contribution in [0.1, 0.15) is 10.4 Å². The third-order valence-corrected chi connectivity index (χ3v) is 3.80. The van der Waals surface area contributed by atoms with E-state index < -0.39 is 0 Å². The number of nitrogens with zero attached hydrogens (tertiary/aromatic N) is 2. The minimum absolute atomic E-state index is 0.306. The average Bonchev–Trinajstić information content (AvgIpc) is 2.93. The summed E-state index contributed by atoms with van der Waals surface area (Å²) < 4.78 is 15.7. The van der Waals surface area contributed by atoms with Gasteiger partial charge in [-0.2, -0.15) is 5.10 Å². The van der Waals surface area contributed by atoms with Crippen LogP contribution in [0.15, 0.2) is 54.7 Å². The molecule has 1 heterocycles. The number of halogens is 2. The molecule has 5 heteroatoms. The maximum atomic E-state index is 13.0. The Labute approximate surface area is 134 Å². The van der Waals surface area contributed by atoms with E-state index >= 15 is 0 Å². The fourth-order valence-corrected chi connectivity index (χ4v) is 2.39. The zero-order chi connectivity index (χ0) is 14.8. The van der Waals surface area contributed by atoms with Crippen molar-refractivity contribution in [3.05, 3.63) is 69.7 Å². The molecule has 1 aromatic heterocycles. The number of hydrogen-bond acceptors (Lipinski definition) is 2. The molecule has 3 aromatic rings. The highest BCUT2D eigenvalue weighted by molar-refractivity contribution is 14.1. The summed E-state index contributed by atoms with van der Waals surface area (Å²) in [6.45, 7) is 0. The van der Waals surface area contributed by atoms with Crippen LogP contribution in [0.3, 0.4) is 0 Å². The third-order valence-electron chi connectivity index (χ3n) is 3.08. The number of aromatic nitrogens is 2. The summed E-state index contributed by atoms with van der Waals surface area (Å²) in [5.74, 6) is -0.306. The van der Waals surface area contributed by atoms with Crippen molar-refractivity contribution in [3.8, 4) is 16.9 Å². The molecule has 3 rings (SSSR count). The van der Waals surface area contributed by atoms with E-state index in [9.17, 15) is 9.18 Å². The summed E-state index contributed by atoms with van der Waals surface area (Å²) in [6.07, 6.45) is 2.42. The molecule has 3 nitrogen and oxygen atoms in total. The quantitative estimate of drug-likeness (QED) is 0.497. The van der Waals surface area contributed by atoms with Gasteiger partial charge in [0.2, 0.25) is 0 Å². The lowest BCUT2D eigenvalue weighted by Gasteiger charge is -2.01. The first-order valence-corrected chi connectivity index (χ1v) is 7.32. The number of hydrogen-bond donors (Lipinski definition) is 0. The number of carbonyl (C=O) groups is 1. The van der Waals surface area contributed by atoms with Crippen molar-refractivity contribution < 1.29 is 9.18 Å². The molecule has 0 fully saturated rings. The second-order valence-electron chi connectivity index (χ2n) is 4.48. The van der Waals surface area contributed by atoms with Crippen LogP contribution >= 0.6 is 22.6 Å². The molecule has 0 bridgehead atoms. The molecule has 21 heavy (non-hydrogen) atoms. The lowest BCUT2D eigenvalue weighted by molar-refractivity contribution is 0.112. The Morgan fingerprint density at radius 3 is 2.33 bits per heavy atom. The van der Waals surface area contributed by atoms with Crippen molar-refractivity contribution in [2.75, 3.05) is 0 Å². The van der Waals surface area contributed by atoms with Gasteiger partial charge in [-0.25, -0.2) is 9.07 Å². The van der Waals surface area contributed by atoms with Gasteiger partial charge in [0, 0.05) is 15.3 Å². The second-order valence-corrected chi connectivity index (χ2v) is 5.72. The Hall–Kier alpha value is -2.02. The maximum absolute atomic E-state index is 13.0. The smallest absolute Gasteiger partial charge is 0.153 e. The van der Waals surface area contributed by atoms with Gasteiger partial charge in [0.05, 0.1) is 11.3 Å². The normalized spacial score (nSPS) is 10.6. The van der Waals surface area contributed by atoms with E-state index in [2.05, 4.69) is 27.7 Å². The fraction of sp³-hybridized carbons (Fsp3) is 0. The second kappa shape index (κ2) is 5.77.